The lowest BCUT2D eigenvalue weighted by Crippen LogP contribution is -2.20. The highest BCUT2D eigenvalue weighted by Crippen LogP contribution is 2.28. The molecule has 0 aliphatic rings. The molecule has 0 fully saturated rings. The summed E-state index contributed by atoms with van der Waals surface area (Å²) in [5.41, 5.74) is 1.23. The predicted molar refractivity (Wildman–Crippen MR) is 81.3 cm³/mol. The topological polar surface area (TPSA) is 21.3 Å². The Balaban J connectivity index is 2.75. The Labute approximate surface area is 119 Å². The minimum absolute atomic E-state index is 0.319. The van der Waals surface area contributed by atoms with E-state index in [1.807, 2.05) is 6.07 Å². The predicted octanol–water partition coefficient (Wildman–Crippen LogP) is 4.69. The quantitative estimate of drug-likeness (QED) is 0.703. The third-order valence-corrected chi connectivity index (χ3v) is 3.39. The number of hydrogen-bond acceptors (Lipinski definition) is 2. The molecular weight excluding hydrogens is 290 g/mol. The lowest BCUT2D eigenvalue weighted by molar-refractivity contribution is 0.303. The molecule has 0 amide bonds. The van der Waals surface area contributed by atoms with Gasteiger partial charge in [0.1, 0.15) is 5.75 Å². The summed E-state index contributed by atoms with van der Waals surface area (Å²) in [5, 5.41) is 3.51. The van der Waals surface area contributed by atoms with Gasteiger partial charge < -0.3 is 10.1 Å². The number of benzene rings is 1. The maximum absolute atomic E-state index is 5.87. The van der Waals surface area contributed by atoms with Crippen LogP contribution in [0.1, 0.15) is 51.6 Å². The summed E-state index contributed by atoms with van der Waals surface area (Å²) < 4.78 is 6.98. The molecule has 1 N–H and O–H groups in total. The number of rotatable bonds is 8. The van der Waals surface area contributed by atoms with E-state index in [0.29, 0.717) is 6.04 Å². The van der Waals surface area contributed by atoms with Crippen molar-refractivity contribution in [2.24, 2.45) is 0 Å². The van der Waals surface area contributed by atoms with Crippen molar-refractivity contribution in [2.75, 3.05) is 13.2 Å². The van der Waals surface area contributed by atoms with Crippen molar-refractivity contribution in [2.45, 2.75) is 46.1 Å². The van der Waals surface area contributed by atoms with E-state index in [4.69, 9.17) is 4.74 Å². The molecule has 0 aromatic heterocycles. The van der Waals surface area contributed by atoms with Crippen LogP contribution in [-0.2, 0) is 0 Å². The average molecular weight is 314 g/mol. The van der Waals surface area contributed by atoms with Crippen LogP contribution in [0.2, 0.25) is 0 Å². The summed E-state index contributed by atoms with van der Waals surface area (Å²) >= 11 is 3.53. The van der Waals surface area contributed by atoms with Crippen LogP contribution in [0.5, 0.6) is 5.75 Å². The molecule has 0 aliphatic carbocycles. The van der Waals surface area contributed by atoms with Crippen LogP contribution in [-0.4, -0.2) is 13.2 Å². The third-order valence-electron chi connectivity index (χ3n) is 2.89. The zero-order valence-corrected chi connectivity index (χ0v) is 13.2. The Kier molecular flexibility index (Phi) is 7.36. The molecule has 3 heteroatoms. The number of halogens is 1. The average Bonchev–Trinajstić information content (AvgIpc) is 2.38. The Morgan fingerprint density at radius 2 is 2.06 bits per heavy atom. The van der Waals surface area contributed by atoms with E-state index in [-0.39, 0.29) is 0 Å². The van der Waals surface area contributed by atoms with E-state index in [0.717, 1.165) is 42.6 Å². The van der Waals surface area contributed by atoms with E-state index >= 15 is 0 Å². The smallest absolute Gasteiger partial charge is 0.124 e. The van der Waals surface area contributed by atoms with E-state index in [1.165, 1.54) is 5.56 Å². The first-order valence-corrected chi connectivity index (χ1v) is 7.64. The van der Waals surface area contributed by atoms with Gasteiger partial charge in [0.15, 0.2) is 0 Å². The summed E-state index contributed by atoms with van der Waals surface area (Å²) in [4.78, 5) is 0. The SMILES string of the molecule is CCCCOc1ccc(Br)cc1C(C)NCCC. The zero-order chi connectivity index (χ0) is 13.4. The summed E-state index contributed by atoms with van der Waals surface area (Å²) in [6, 6.07) is 6.56. The molecule has 1 aromatic rings. The van der Waals surface area contributed by atoms with E-state index in [9.17, 15) is 0 Å². The van der Waals surface area contributed by atoms with Crippen molar-refractivity contribution in [3.63, 3.8) is 0 Å². The second-order valence-corrected chi connectivity index (χ2v) is 5.48. The van der Waals surface area contributed by atoms with Crippen LogP contribution in [0.25, 0.3) is 0 Å². The van der Waals surface area contributed by atoms with Gasteiger partial charge >= 0.3 is 0 Å². The molecule has 0 aliphatic heterocycles. The minimum Gasteiger partial charge on any atom is -0.493 e. The molecule has 0 spiro atoms. The van der Waals surface area contributed by atoms with Crippen LogP contribution in [0.15, 0.2) is 22.7 Å². The van der Waals surface area contributed by atoms with Crippen LogP contribution in [0, 0.1) is 0 Å². The molecule has 18 heavy (non-hydrogen) atoms. The first-order valence-electron chi connectivity index (χ1n) is 6.84. The standard InChI is InChI=1S/C15H24BrNO/c1-4-6-10-18-15-8-7-13(16)11-14(15)12(3)17-9-5-2/h7-8,11-12,17H,4-6,9-10H2,1-3H3. The van der Waals surface area contributed by atoms with Gasteiger partial charge in [-0.15, -0.1) is 0 Å². The molecule has 2 nitrogen and oxygen atoms in total. The Morgan fingerprint density at radius 1 is 1.28 bits per heavy atom. The van der Waals surface area contributed by atoms with Crippen molar-refractivity contribution >= 4 is 15.9 Å². The molecule has 102 valence electrons. The Hall–Kier alpha value is -0.540. The highest BCUT2D eigenvalue weighted by molar-refractivity contribution is 9.10. The lowest BCUT2D eigenvalue weighted by Gasteiger charge is -2.18. The third kappa shape index (κ3) is 4.99. The zero-order valence-electron chi connectivity index (χ0n) is 11.6. The summed E-state index contributed by atoms with van der Waals surface area (Å²) in [5.74, 6) is 1.00. The largest absolute Gasteiger partial charge is 0.493 e. The highest BCUT2D eigenvalue weighted by atomic mass is 79.9. The normalized spacial score (nSPS) is 12.4. The maximum atomic E-state index is 5.87. The van der Waals surface area contributed by atoms with Crippen LogP contribution in [0.3, 0.4) is 0 Å². The van der Waals surface area contributed by atoms with E-state index in [1.54, 1.807) is 0 Å². The first kappa shape index (κ1) is 15.5. The van der Waals surface area contributed by atoms with Crippen LogP contribution in [0.4, 0.5) is 0 Å². The Morgan fingerprint density at radius 3 is 2.72 bits per heavy atom. The number of unbranched alkanes of at least 4 members (excludes halogenated alkanes) is 1. The van der Waals surface area contributed by atoms with Gasteiger partial charge in [-0.3, -0.25) is 0 Å². The van der Waals surface area contributed by atoms with Crippen molar-refractivity contribution in [3.05, 3.63) is 28.2 Å². The minimum atomic E-state index is 0.319. The van der Waals surface area contributed by atoms with E-state index in [2.05, 4.69) is 54.2 Å². The van der Waals surface area contributed by atoms with Gasteiger partial charge in [-0.05, 0) is 44.5 Å². The second-order valence-electron chi connectivity index (χ2n) is 4.56. The molecule has 1 rings (SSSR count). The fourth-order valence-electron chi connectivity index (χ4n) is 1.79. The highest BCUT2D eigenvalue weighted by Gasteiger charge is 2.11. The van der Waals surface area contributed by atoms with Gasteiger partial charge in [-0.25, -0.2) is 0 Å². The maximum Gasteiger partial charge on any atom is 0.124 e. The fraction of sp³-hybridized carbons (Fsp3) is 0.600. The molecule has 0 heterocycles. The molecule has 0 bridgehead atoms. The molecule has 1 atom stereocenters. The lowest BCUT2D eigenvalue weighted by atomic mass is 10.1. The van der Waals surface area contributed by atoms with Crippen LogP contribution < -0.4 is 10.1 Å². The first-order chi connectivity index (χ1) is 8.69. The van der Waals surface area contributed by atoms with Crippen LogP contribution >= 0.6 is 15.9 Å². The number of nitrogens with one attached hydrogen (secondary N) is 1. The van der Waals surface area contributed by atoms with Crippen molar-refractivity contribution in [3.8, 4) is 5.75 Å². The van der Waals surface area contributed by atoms with Gasteiger partial charge in [-0.2, -0.15) is 0 Å². The molecule has 0 saturated heterocycles. The molecule has 0 radical (unpaired) electrons. The van der Waals surface area contributed by atoms with Gasteiger partial charge in [0.25, 0.3) is 0 Å². The van der Waals surface area contributed by atoms with Crippen molar-refractivity contribution < 1.29 is 4.74 Å². The van der Waals surface area contributed by atoms with Gasteiger partial charge in [0.2, 0.25) is 0 Å². The summed E-state index contributed by atoms with van der Waals surface area (Å²) in [7, 11) is 0. The summed E-state index contributed by atoms with van der Waals surface area (Å²) in [6.07, 6.45) is 3.41. The molecule has 1 unspecified atom stereocenters. The van der Waals surface area contributed by atoms with Crippen molar-refractivity contribution in [1.29, 1.82) is 0 Å². The van der Waals surface area contributed by atoms with Gasteiger partial charge in [0, 0.05) is 16.1 Å². The van der Waals surface area contributed by atoms with Gasteiger partial charge in [-0.1, -0.05) is 36.2 Å². The number of ether oxygens (including phenoxy) is 1. The van der Waals surface area contributed by atoms with E-state index < -0.39 is 0 Å². The fourth-order valence-corrected chi connectivity index (χ4v) is 2.17. The number of hydrogen-bond donors (Lipinski definition) is 1. The second kappa shape index (κ2) is 8.54. The monoisotopic (exact) mass is 313 g/mol. The summed E-state index contributed by atoms with van der Waals surface area (Å²) in [6.45, 7) is 8.37. The Bertz CT molecular complexity index is 354. The molecular formula is C15H24BrNO. The molecule has 0 saturated carbocycles. The van der Waals surface area contributed by atoms with Gasteiger partial charge in [0.05, 0.1) is 6.61 Å². The molecule has 1 aromatic carbocycles. The van der Waals surface area contributed by atoms with Crippen molar-refractivity contribution in [1.82, 2.24) is 5.32 Å².